The van der Waals surface area contributed by atoms with Crippen molar-refractivity contribution in [1.29, 1.82) is 5.26 Å². The van der Waals surface area contributed by atoms with E-state index in [4.69, 9.17) is 10.4 Å². The molecule has 0 unspecified atom stereocenters. The van der Waals surface area contributed by atoms with Gasteiger partial charge in [-0.15, -0.1) is 0 Å². The quantitative estimate of drug-likeness (QED) is 0.678. The molecule has 0 radical (unpaired) electrons. The second-order valence-electron chi connectivity index (χ2n) is 2.87. The van der Waals surface area contributed by atoms with Gasteiger partial charge in [-0.05, 0) is 6.42 Å². The molecule has 0 aliphatic rings. The van der Waals surface area contributed by atoms with Crippen LogP contribution in [0.25, 0.3) is 0 Å². The third-order valence-corrected chi connectivity index (χ3v) is 1.64. The van der Waals surface area contributed by atoms with Crippen molar-refractivity contribution in [2.24, 2.45) is 0 Å². The van der Waals surface area contributed by atoms with Crippen molar-refractivity contribution in [1.82, 2.24) is 4.90 Å². The summed E-state index contributed by atoms with van der Waals surface area (Å²) in [6.45, 7) is 1.73. The molecule has 0 spiro atoms. The van der Waals surface area contributed by atoms with Crippen molar-refractivity contribution in [2.75, 3.05) is 13.1 Å². The molecule has 78 valence electrons. The van der Waals surface area contributed by atoms with Crippen molar-refractivity contribution in [3.63, 3.8) is 0 Å². The number of carboxylic acid groups (broad SMARTS) is 1. The van der Waals surface area contributed by atoms with Crippen molar-refractivity contribution >= 4 is 11.9 Å². The van der Waals surface area contributed by atoms with Gasteiger partial charge in [-0.1, -0.05) is 6.92 Å². The van der Waals surface area contributed by atoms with E-state index in [0.29, 0.717) is 12.8 Å². The number of carbonyl (C=O) groups excluding carboxylic acids is 1. The van der Waals surface area contributed by atoms with Crippen LogP contribution >= 0.6 is 0 Å². The van der Waals surface area contributed by atoms with Crippen LogP contribution in [0.2, 0.25) is 0 Å². The van der Waals surface area contributed by atoms with Crippen LogP contribution < -0.4 is 0 Å². The maximum atomic E-state index is 11.3. The number of hydrogen-bond acceptors (Lipinski definition) is 3. The molecule has 0 aliphatic carbocycles. The summed E-state index contributed by atoms with van der Waals surface area (Å²) in [5, 5.41) is 16.8. The molecule has 0 aromatic heterocycles. The van der Waals surface area contributed by atoms with Crippen LogP contribution in [0.3, 0.4) is 0 Å². The highest BCUT2D eigenvalue weighted by Crippen LogP contribution is 1.98. The zero-order valence-corrected chi connectivity index (χ0v) is 8.19. The molecule has 5 heteroatoms. The van der Waals surface area contributed by atoms with Gasteiger partial charge in [-0.25, -0.2) is 0 Å². The van der Waals surface area contributed by atoms with Crippen molar-refractivity contribution in [3.05, 3.63) is 0 Å². The molecule has 0 saturated carbocycles. The van der Waals surface area contributed by atoms with E-state index in [0.717, 1.165) is 0 Å². The Labute approximate surface area is 82.9 Å². The molecule has 0 fully saturated rings. The number of nitrogens with zero attached hydrogens (tertiary/aromatic N) is 2. The molecular weight excluding hydrogens is 184 g/mol. The fraction of sp³-hybridized carbons (Fsp3) is 0.667. The van der Waals surface area contributed by atoms with Gasteiger partial charge in [0.25, 0.3) is 0 Å². The Balaban J connectivity index is 4.16. The van der Waals surface area contributed by atoms with Crippen LogP contribution in [0.1, 0.15) is 26.2 Å². The zero-order valence-electron chi connectivity index (χ0n) is 8.19. The van der Waals surface area contributed by atoms with Gasteiger partial charge in [0.15, 0.2) is 0 Å². The van der Waals surface area contributed by atoms with Gasteiger partial charge in [0, 0.05) is 13.0 Å². The molecule has 14 heavy (non-hydrogen) atoms. The smallest absolute Gasteiger partial charge is 0.323 e. The minimum atomic E-state index is -1.05. The molecule has 0 rings (SSSR count). The predicted molar refractivity (Wildman–Crippen MR) is 49.4 cm³/mol. The molecule has 0 bridgehead atoms. The fourth-order valence-electron chi connectivity index (χ4n) is 1.01. The summed E-state index contributed by atoms with van der Waals surface area (Å²) in [5.41, 5.74) is 0. The number of hydrogen-bond donors (Lipinski definition) is 1. The monoisotopic (exact) mass is 198 g/mol. The molecule has 0 aliphatic heterocycles. The molecule has 0 aromatic carbocycles. The topological polar surface area (TPSA) is 81.4 Å². The van der Waals surface area contributed by atoms with Crippen molar-refractivity contribution in [3.8, 4) is 6.07 Å². The molecule has 1 N–H and O–H groups in total. The van der Waals surface area contributed by atoms with Gasteiger partial charge in [-0.3, -0.25) is 9.59 Å². The summed E-state index contributed by atoms with van der Waals surface area (Å²) in [4.78, 5) is 22.9. The number of aliphatic carboxylic acids is 1. The largest absolute Gasteiger partial charge is 0.480 e. The van der Waals surface area contributed by atoms with E-state index in [1.807, 2.05) is 13.0 Å². The van der Waals surface area contributed by atoms with E-state index in [2.05, 4.69) is 0 Å². The Hall–Kier alpha value is -1.57. The first kappa shape index (κ1) is 12.4. The van der Waals surface area contributed by atoms with Crippen LogP contribution in [0.15, 0.2) is 0 Å². The summed E-state index contributed by atoms with van der Waals surface area (Å²) in [7, 11) is 0. The summed E-state index contributed by atoms with van der Waals surface area (Å²) in [6.07, 6.45) is 1.18. The highest BCUT2D eigenvalue weighted by Gasteiger charge is 2.14. The Morgan fingerprint density at radius 1 is 1.50 bits per heavy atom. The number of carboxylic acids is 1. The third-order valence-electron chi connectivity index (χ3n) is 1.64. The van der Waals surface area contributed by atoms with Gasteiger partial charge in [0.1, 0.15) is 6.54 Å². The summed E-state index contributed by atoms with van der Waals surface area (Å²) >= 11 is 0. The van der Waals surface area contributed by atoms with Crippen molar-refractivity contribution < 1.29 is 14.7 Å². The lowest BCUT2D eigenvalue weighted by atomic mass is 10.3. The molecule has 0 atom stereocenters. The summed E-state index contributed by atoms with van der Waals surface area (Å²) in [6, 6.07) is 1.88. The Bertz CT molecular complexity index is 245. The lowest BCUT2D eigenvalue weighted by Crippen LogP contribution is -2.36. The zero-order chi connectivity index (χ0) is 11.0. The Kier molecular flexibility index (Phi) is 6.12. The van der Waals surface area contributed by atoms with E-state index in [9.17, 15) is 9.59 Å². The molecular formula is C9H14N2O3. The summed E-state index contributed by atoms with van der Waals surface area (Å²) < 4.78 is 0. The lowest BCUT2D eigenvalue weighted by Gasteiger charge is -2.18. The predicted octanol–water partition coefficient (Wildman–Crippen LogP) is 0.613. The molecule has 0 saturated heterocycles. The van der Waals surface area contributed by atoms with Crippen LogP contribution in [0.5, 0.6) is 0 Å². The van der Waals surface area contributed by atoms with Crippen LogP contribution in [0, 0.1) is 11.3 Å². The normalized spacial score (nSPS) is 9.14. The Morgan fingerprint density at radius 3 is 2.57 bits per heavy atom. The second kappa shape index (κ2) is 6.89. The molecule has 1 amide bonds. The average Bonchev–Trinajstić information content (AvgIpc) is 2.12. The first-order valence-corrected chi connectivity index (χ1v) is 4.48. The molecule has 5 nitrogen and oxygen atoms in total. The highest BCUT2D eigenvalue weighted by atomic mass is 16.4. The first-order valence-electron chi connectivity index (χ1n) is 4.48. The summed E-state index contributed by atoms with van der Waals surface area (Å²) in [5.74, 6) is -1.25. The fourth-order valence-corrected chi connectivity index (χ4v) is 1.01. The van der Waals surface area contributed by atoms with Gasteiger partial charge in [0.05, 0.1) is 12.5 Å². The maximum Gasteiger partial charge on any atom is 0.323 e. The van der Waals surface area contributed by atoms with Crippen LogP contribution in [0.4, 0.5) is 0 Å². The standard InChI is InChI=1S/C9H14N2O3/c1-2-4-8(12)11(6-3-5-10)7-9(13)14/h2-4,6-7H2,1H3,(H,13,14). The van der Waals surface area contributed by atoms with Crippen LogP contribution in [-0.4, -0.2) is 35.0 Å². The first-order chi connectivity index (χ1) is 6.61. The third kappa shape index (κ3) is 5.14. The van der Waals surface area contributed by atoms with E-state index in [1.165, 1.54) is 4.90 Å². The van der Waals surface area contributed by atoms with E-state index >= 15 is 0 Å². The lowest BCUT2D eigenvalue weighted by molar-refractivity contribution is -0.144. The van der Waals surface area contributed by atoms with E-state index in [-0.39, 0.29) is 25.4 Å². The minimum Gasteiger partial charge on any atom is -0.480 e. The number of nitriles is 1. The van der Waals surface area contributed by atoms with E-state index < -0.39 is 5.97 Å². The van der Waals surface area contributed by atoms with Gasteiger partial charge in [-0.2, -0.15) is 5.26 Å². The van der Waals surface area contributed by atoms with Crippen LogP contribution in [-0.2, 0) is 9.59 Å². The average molecular weight is 198 g/mol. The minimum absolute atomic E-state index is 0.169. The van der Waals surface area contributed by atoms with Crippen molar-refractivity contribution in [2.45, 2.75) is 26.2 Å². The second-order valence-corrected chi connectivity index (χ2v) is 2.87. The van der Waals surface area contributed by atoms with E-state index in [1.54, 1.807) is 0 Å². The highest BCUT2D eigenvalue weighted by molar-refractivity contribution is 5.81. The number of rotatable bonds is 6. The molecule has 0 heterocycles. The SMILES string of the molecule is CCCC(=O)N(CCC#N)CC(=O)O. The number of carbonyl (C=O) groups is 2. The van der Waals surface area contributed by atoms with Gasteiger partial charge < -0.3 is 10.0 Å². The van der Waals surface area contributed by atoms with Gasteiger partial charge >= 0.3 is 5.97 Å². The number of amides is 1. The molecule has 0 aromatic rings. The maximum absolute atomic E-state index is 11.3. The van der Waals surface area contributed by atoms with Gasteiger partial charge in [0.2, 0.25) is 5.91 Å². The Morgan fingerprint density at radius 2 is 2.14 bits per heavy atom.